The van der Waals surface area contributed by atoms with Crippen LogP contribution < -0.4 is 10.4 Å². The number of hydrogen-bond acceptors (Lipinski definition) is 4. The van der Waals surface area contributed by atoms with Gasteiger partial charge in [-0.05, 0) is 41.0 Å². The quantitative estimate of drug-likeness (QED) is 0.489. The Labute approximate surface area is 155 Å². The maximum absolute atomic E-state index is 11.3. The normalized spacial score (nSPS) is 10.5. The van der Waals surface area contributed by atoms with Crippen molar-refractivity contribution < 1.29 is 9.15 Å². The van der Waals surface area contributed by atoms with E-state index in [-0.39, 0.29) is 5.63 Å². The van der Waals surface area contributed by atoms with Crippen LogP contribution in [0.2, 0.25) is 0 Å². The number of nitriles is 1. The third kappa shape index (κ3) is 3.58. The zero-order chi connectivity index (χ0) is 18.6. The topological polar surface area (TPSA) is 63.2 Å². The van der Waals surface area contributed by atoms with Crippen LogP contribution in [0.25, 0.3) is 22.1 Å². The summed E-state index contributed by atoms with van der Waals surface area (Å²) in [6.45, 7) is 0.392. The summed E-state index contributed by atoms with van der Waals surface area (Å²) in [4.78, 5) is 11.3. The molecule has 130 valence electrons. The fourth-order valence-corrected chi connectivity index (χ4v) is 2.91. The summed E-state index contributed by atoms with van der Waals surface area (Å²) in [7, 11) is 0. The third-order valence-electron chi connectivity index (χ3n) is 4.31. The Morgan fingerprint density at radius 3 is 2.52 bits per heavy atom. The highest BCUT2D eigenvalue weighted by molar-refractivity contribution is 5.77. The Balaban J connectivity index is 1.51. The summed E-state index contributed by atoms with van der Waals surface area (Å²) < 4.78 is 11.0. The standard InChI is InChI=1S/C23H15NO3/c24-14-19-3-1-2-4-21(19)17-7-5-16(6-8-17)15-26-20-11-9-18-10-12-23(25)27-22(18)13-20/h1-13H,15H2. The Kier molecular flexibility index (Phi) is 4.42. The van der Waals surface area contributed by atoms with Crippen LogP contribution in [0.5, 0.6) is 5.75 Å². The largest absolute Gasteiger partial charge is 0.489 e. The molecule has 4 nitrogen and oxygen atoms in total. The van der Waals surface area contributed by atoms with E-state index in [1.54, 1.807) is 12.1 Å². The van der Waals surface area contributed by atoms with Crippen LogP contribution in [0.4, 0.5) is 0 Å². The van der Waals surface area contributed by atoms with Crippen molar-refractivity contribution >= 4 is 11.0 Å². The van der Waals surface area contributed by atoms with Gasteiger partial charge in [-0.2, -0.15) is 5.26 Å². The molecule has 0 bridgehead atoms. The predicted molar refractivity (Wildman–Crippen MR) is 103 cm³/mol. The highest BCUT2D eigenvalue weighted by atomic mass is 16.5. The van der Waals surface area contributed by atoms with Crippen molar-refractivity contribution in [3.05, 3.63) is 100 Å². The Hall–Kier alpha value is -3.84. The monoisotopic (exact) mass is 353 g/mol. The van der Waals surface area contributed by atoms with E-state index < -0.39 is 0 Å². The minimum Gasteiger partial charge on any atom is -0.489 e. The minimum atomic E-state index is -0.382. The van der Waals surface area contributed by atoms with Crippen molar-refractivity contribution in [3.63, 3.8) is 0 Å². The number of benzene rings is 3. The van der Waals surface area contributed by atoms with Gasteiger partial charge in [0.05, 0.1) is 11.6 Å². The fourth-order valence-electron chi connectivity index (χ4n) is 2.91. The maximum Gasteiger partial charge on any atom is 0.336 e. The van der Waals surface area contributed by atoms with E-state index in [1.165, 1.54) is 6.07 Å². The molecule has 0 saturated heterocycles. The zero-order valence-corrected chi connectivity index (χ0v) is 14.4. The van der Waals surface area contributed by atoms with E-state index >= 15 is 0 Å². The van der Waals surface area contributed by atoms with Gasteiger partial charge in [-0.25, -0.2) is 4.79 Å². The molecule has 0 aliphatic rings. The zero-order valence-electron chi connectivity index (χ0n) is 14.4. The second-order valence-corrected chi connectivity index (χ2v) is 6.10. The van der Waals surface area contributed by atoms with Gasteiger partial charge in [-0.15, -0.1) is 0 Å². The molecule has 27 heavy (non-hydrogen) atoms. The lowest BCUT2D eigenvalue weighted by Crippen LogP contribution is -1.97. The average molecular weight is 353 g/mol. The molecule has 3 aromatic carbocycles. The first-order valence-electron chi connectivity index (χ1n) is 8.48. The van der Waals surface area contributed by atoms with Gasteiger partial charge in [0.1, 0.15) is 17.9 Å². The summed E-state index contributed by atoms with van der Waals surface area (Å²) in [6.07, 6.45) is 0. The van der Waals surface area contributed by atoms with Crippen LogP contribution in [-0.2, 0) is 6.61 Å². The fraction of sp³-hybridized carbons (Fsp3) is 0.0435. The van der Waals surface area contributed by atoms with Crippen molar-refractivity contribution in [2.75, 3.05) is 0 Å². The number of rotatable bonds is 4. The number of fused-ring (bicyclic) bond motifs is 1. The lowest BCUT2D eigenvalue weighted by atomic mass is 9.99. The molecule has 0 radical (unpaired) electrons. The SMILES string of the molecule is N#Cc1ccccc1-c1ccc(COc2ccc3ccc(=O)oc3c2)cc1. The highest BCUT2D eigenvalue weighted by Gasteiger charge is 2.05. The molecule has 1 aromatic heterocycles. The Bertz CT molecular complexity index is 1200. The summed E-state index contributed by atoms with van der Waals surface area (Å²) in [5.74, 6) is 0.635. The van der Waals surface area contributed by atoms with E-state index in [2.05, 4.69) is 6.07 Å². The molecule has 0 aliphatic heterocycles. The molecule has 0 spiro atoms. The molecule has 0 saturated carbocycles. The first kappa shape index (κ1) is 16.6. The summed E-state index contributed by atoms with van der Waals surface area (Å²) in [5.41, 5.74) is 3.68. The average Bonchev–Trinajstić information content (AvgIpc) is 2.72. The van der Waals surface area contributed by atoms with Gasteiger partial charge >= 0.3 is 5.63 Å². The Morgan fingerprint density at radius 1 is 0.926 bits per heavy atom. The van der Waals surface area contributed by atoms with Crippen LogP contribution in [0, 0.1) is 11.3 Å². The first-order chi connectivity index (χ1) is 13.2. The van der Waals surface area contributed by atoms with Gasteiger partial charge in [0.15, 0.2) is 0 Å². The van der Waals surface area contributed by atoms with E-state index in [1.807, 2.05) is 60.7 Å². The van der Waals surface area contributed by atoms with Crippen LogP contribution >= 0.6 is 0 Å². The van der Waals surface area contributed by atoms with E-state index in [0.717, 1.165) is 22.1 Å². The third-order valence-corrected chi connectivity index (χ3v) is 4.31. The van der Waals surface area contributed by atoms with Crippen molar-refractivity contribution in [1.82, 2.24) is 0 Å². The lowest BCUT2D eigenvalue weighted by molar-refractivity contribution is 0.306. The number of hydrogen-bond donors (Lipinski definition) is 0. The second kappa shape index (κ2) is 7.19. The van der Waals surface area contributed by atoms with Crippen LogP contribution in [-0.4, -0.2) is 0 Å². The molecule has 0 aliphatic carbocycles. The molecule has 4 rings (SSSR count). The summed E-state index contributed by atoms with van der Waals surface area (Å²) in [5, 5.41) is 10.1. The van der Waals surface area contributed by atoms with Crippen molar-refractivity contribution in [3.8, 4) is 22.9 Å². The van der Waals surface area contributed by atoms with Gasteiger partial charge in [0, 0.05) is 17.5 Å². The van der Waals surface area contributed by atoms with Crippen LogP contribution in [0.1, 0.15) is 11.1 Å². The molecule has 0 amide bonds. The highest BCUT2D eigenvalue weighted by Crippen LogP contribution is 2.24. The molecule has 4 aromatic rings. The van der Waals surface area contributed by atoms with Crippen molar-refractivity contribution in [2.45, 2.75) is 6.61 Å². The predicted octanol–water partition coefficient (Wildman–Crippen LogP) is 4.91. The van der Waals surface area contributed by atoms with Gasteiger partial charge in [-0.1, -0.05) is 42.5 Å². The van der Waals surface area contributed by atoms with E-state index in [4.69, 9.17) is 9.15 Å². The number of ether oxygens (including phenoxy) is 1. The number of nitrogens with zero attached hydrogens (tertiary/aromatic N) is 1. The Morgan fingerprint density at radius 2 is 1.70 bits per heavy atom. The van der Waals surface area contributed by atoms with Gasteiger partial charge in [0.25, 0.3) is 0 Å². The van der Waals surface area contributed by atoms with Crippen molar-refractivity contribution in [2.24, 2.45) is 0 Å². The molecule has 4 heteroatoms. The molecular formula is C23H15NO3. The van der Waals surface area contributed by atoms with Crippen LogP contribution in [0.3, 0.4) is 0 Å². The van der Waals surface area contributed by atoms with Gasteiger partial charge < -0.3 is 9.15 Å². The maximum atomic E-state index is 11.3. The summed E-state index contributed by atoms with van der Waals surface area (Å²) >= 11 is 0. The molecule has 1 heterocycles. The van der Waals surface area contributed by atoms with Crippen molar-refractivity contribution in [1.29, 1.82) is 5.26 Å². The van der Waals surface area contributed by atoms with Crippen LogP contribution in [0.15, 0.2) is 88.1 Å². The van der Waals surface area contributed by atoms with Gasteiger partial charge in [0.2, 0.25) is 0 Å². The first-order valence-corrected chi connectivity index (χ1v) is 8.48. The minimum absolute atomic E-state index is 0.382. The molecule has 0 fully saturated rings. The molecular weight excluding hydrogens is 338 g/mol. The summed E-state index contributed by atoms with van der Waals surface area (Å²) in [6, 6.07) is 26.2. The second-order valence-electron chi connectivity index (χ2n) is 6.10. The lowest BCUT2D eigenvalue weighted by Gasteiger charge is -2.09. The smallest absolute Gasteiger partial charge is 0.336 e. The van der Waals surface area contributed by atoms with E-state index in [0.29, 0.717) is 23.5 Å². The van der Waals surface area contributed by atoms with E-state index in [9.17, 15) is 10.1 Å². The van der Waals surface area contributed by atoms with Gasteiger partial charge in [-0.3, -0.25) is 0 Å². The molecule has 0 N–H and O–H groups in total. The molecule has 0 unspecified atom stereocenters. The molecule has 0 atom stereocenters.